The molecule has 122 valence electrons. The van der Waals surface area contributed by atoms with Crippen LogP contribution in [-0.2, 0) is 12.8 Å². The van der Waals surface area contributed by atoms with Gasteiger partial charge in [-0.2, -0.15) is 5.10 Å². The Labute approximate surface area is 141 Å². The average molecular weight is 319 g/mol. The van der Waals surface area contributed by atoms with E-state index in [4.69, 9.17) is 5.10 Å². The highest BCUT2D eigenvalue weighted by atomic mass is 15.3. The number of hydrogen-bond acceptors (Lipinski definition) is 4. The second-order valence-electron chi connectivity index (χ2n) is 6.04. The van der Waals surface area contributed by atoms with Crippen LogP contribution in [0.2, 0.25) is 0 Å². The Bertz CT molecular complexity index is 838. The van der Waals surface area contributed by atoms with E-state index in [1.807, 2.05) is 0 Å². The molecule has 0 fully saturated rings. The van der Waals surface area contributed by atoms with Gasteiger partial charge in [-0.3, -0.25) is 9.97 Å². The van der Waals surface area contributed by atoms with E-state index in [1.165, 1.54) is 17.5 Å². The molecule has 1 N–H and O–H groups in total. The molecule has 2 aromatic heterocycles. The summed E-state index contributed by atoms with van der Waals surface area (Å²) in [5.41, 5.74) is 5.46. The van der Waals surface area contributed by atoms with Crippen LogP contribution in [0, 0.1) is 0 Å². The third-order valence-corrected chi connectivity index (χ3v) is 4.54. The van der Waals surface area contributed by atoms with Gasteiger partial charge in [-0.15, -0.1) is 0 Å². The molecule has 1 aliphatic rings. The minimum atomic E-state index is 0.838. The molecule has 0 radical (unpaired) electrons. The molecule has 0 aliphatic carbocycles. The van der Waals surface area contributed by atoms with Gasteiger partial charge in [0.05, 0.1) is 11.9 Å². The van der Waals surface area contributed by atoms with Crippen molar-refractivity contribution in [3.05, 3.63) is 54.0 Å². The van der Waals surface area contributed by atoms with Gasteiger partial charge >= 0.3 is 0 Å². The Kier molecular flexibility index (Phi) is 3.99. The van der Waals surface area contributed by atoms with Crippen molar-refractivity contribution in [2.24, 2.45) is 0 Å². The lowest BCUT2D eigenvalue weighted by Gasteiger charge is -2.12. The van der Waals surface area contributed by atoms with Gasteiger partial charge in [0.1, 0.15) is 17.2 Å². The van der Waals surface area contributed by atoms with Crippen LogP contribution in [0.15, 0.2) is 42.9 Å². The third kappa shape index (κ3) is 2.56. The fourth-order valence-electron chi connectivity index (χ4n) is 3.32. The summed E-state index contributed by atoms with van der Waals surface area (Å²) >= 11 is 0. The van der Waals surface area contributed by atoms with Crippen LogP contribution < -0.4 is 5.32 Å². The molecule has 0 saturated heterocycles. The van der Waals surface area contributed by atoms with E-state index in [0.29, 0.717) is 0 Å². The van der Waals surface area contributed by atoms with Gasteiger partial charge in [-0.25, -0.2) is 4.68 Å². The molecule has 0 atom stereocenters. The zero-order valence-electron chi connectivity index (χ0n) is 13.9. The second kappa shape index (κ2) is 6.43. The van der Waals surface area contributed by atoms with Gasteiger partial charge in [0.25, 0.3) is 0 Å². The number of rotatable bonds is 3. The number of benzene rings is 1. The smallest absolute Gasteiger partial charge is 0.133 e. The van der Waals surface area contributed by atoms with Crippen LogP contribution in [0.5, 0.6) is 0 Å². The van der Waals surface area contributed by atoms with E-state index < -0.39 is 0 Å². The van der Waals surface area contributed by atoms with Crippen LogP contribution in [0.3, 0.4) is 0 Å². The van der Waals surface area contributed by atoms with Gasteiger partial charge in [0.15, 0.2) is 0 Å². The molecular formula is C19H21N5. The highest BCUT2D eigenvalue weighted by Gasteiger charge is 2.23. The molecule has 1 aliphatic heterocycles. The largest absolute Gasteiger partial charge is 0.370 e. The number of nitrogens with one attached hydrogen (secondary N) is 1. The van der Waals surface area contributed by atoms with E-state index in [0.717, 1.165) is 48.7 Å². The molecule has 5 nitrogen and oxygen atoms in total. The Hall–Kier alpha value is -2.69. The summed E-state index contributed by atoms with van der Waals surface area (Å²) in [4.78, 5) is 8.69. The molecular weight excluding hydrogens is 298 g/mol. The summed E-state index contributed by atoms with van der Waals surface area (Å²) in [5.74, 6) is 1.11. The standard InChI is InChI=1S/C19H21N5/c1-2-14-7-3-4-9-17(14)24-19-15(8-5-6-10-22-19)18(23-24)16-13-20-11-12-21-16/h3-4,7,9,11-13,22H,2,5-6,8,10H2,1H3. The zero-order chi connectivity index (χ0) is 16.4. The number of anilines is 1. The van der Waals surface area contributed by atoms with Crippen LogP contribution in [0.4, 0.5) is 5.82 Å². The van der Waals surface area contributed by atoms with Crippen LogP contribution in [-0.4, -0.2) is 26.3 Å². The van der Waals surface area contributed by atoms with Gasteiger partial charge in [-0.1, -0.05) is 25.1 Å². The topological polar surface area (TPSA) is 55.6 Å². The average Bonchev–Trinajstić information content (AvgIpc) is 2.83. The van der Waals surface area contributed by atoms with Gasteiger partial charge in [0, 0.05) is 24.5 Å². The number of aryl methyl sites for hydroxylation is 1. The molecule has 24 heavy (non-hydrogen) atoms. The first-order valence-electron chi connectivity index (χ1n) is 8.59. The molecule has 5 heteroatoms. The molecule has 1 aromatic carbocycles. The molecule has 0 unspecified atom stereocenters. The monoisotopic (exact) mass is 319 g/mol. The van der Waals surface area contributed by atoms with Crippen molar-refractivity contribution in [3.63, 3.8) is 0 Å². The summed E-state index contributed by atoms with van der Waals surface area (Å²) in [6.07, 6.45) is 9.55. The van der Waals surface area contributed by atoms with Crippen molar-refractivity contribution in [2.75, 3.05) is 11.9 Å². The van der Waals surface area contributed by atoms with Crippen molar-refractivity contribution < 1.29 is 0 Å². The first-order valence-corrected chi connectivity index (χ1v) is 8.59. The molecule has 4 rings (SSSR count). The Morgan fingerprint density at radius 3 is 2.92 bits per heavy atom. The summed E-state index contributed by atoms with van der Waals surface area (Å²) in [5, 5.41) is 8.52. The van der Waals surface area contributed by atoms with Crippen molar-refractivity contribution in [2.45, 2.75) is 32.6 Å². The lowest BCUT2D eigenvalue weighted by molar-refractivity contribution is 0.778. The van der Waals surface area contributed by atoms with Crippen LogP contribution >= 0.6 is 0 Å². The van der Waals surface area contributed by atoms with Gasteiger partial charge in [-0.05, 0) is 37.3 Å². The second-order valence-corrected chi connectivity index (χ2v) is 6.04. The predicted octanol–water partition coefficient (Wildman–Crippen LogP) is 3.64. The van der Waals surface area contributed by atoms with Crippen LogP contribution in [0.1, 0.15) is 30.9 Å². The zero-order valence-corrected chi connectivity index (χ0v) is 13.9. The number of para-hydroxylation sites is 1. The Morgan fingerprint density at radius 1 is 1.17 bits per heavy atom. The van der Waals surface area contributed by atoms with E-state index in [2.05, 4.69) is 51.2 Å². The highest BCUT2D eigenvalue weighted by Crippen LogP contribution is 2.33. The Morgan fingerprint density at radius 2 is 2.08 bits per heavy atom. The lowest BCUT2D eigenvalue weighted by Crippen LogP contribution is -2.08. The fourth-order valence-corrected chi connectivity index (χ4v) is 3.32. The summed E-state index contributed by atoms with van der Waals surface area (Å²) in [6, 6.07) is 8.46. The molecule has 0 spiro atoms. The molecule has 0 amide bonds. The number of fused-ring (bicyclic) bond motifs is 1. The Balaban J connectivity index is 1.93. The quantitative estimate of drug-likeness (QED) is 0.801. The maximum Gasteiger partial charge on any atom is 0.133 e. The first kappa shape index (κ1) is 14.9. The normalized spacial score (nSPS) is 13.9. The molecule has 0 bridgehead atoms. The van der Waals surface area contributed by atoms with E-state index in [9.17, 15) is 0 Å². The number of hydrogen-bond donors (Lipinski definition) is 1. The van der Waals surface area contributed by atoms with E-state index >= 15 is 0 Å². The van der Waals surface area contributed by atoms with Crippen molar-refractivity contribution in [1.82, 2.24) is 19.7 Å². The third-order valence-electron chi connectivity index (χ3n) is 4.54. The SMILES string of the molecule is CCc1ccccc1-n1nc(-c2cnccn2)c2c1NCCCC2. The van der Waals surface area contributed by atoms with Crippen LogP contribution in [0.25, 0.3) is 17.1 Å². The highest BCUT2D eigenvalue weighted by molar-refractivity contribution is 5.69. The molecule has 0 saturated carbocycles. The fraction of sp³-hybridized carbons (Fsp3) is 0.316. The van der Waals surface area contributed by atoms with Crippen molar-refractivity contribution in [3.8, 4) is 17.1 Å². The minimum Gasteiger partial charge on any atom is -0.370 e. The number of aromatic nitrogens is 4. The summed E-state index contributed by atoms with van der Waals surface area (Å²) < 4.78 is 2.06. The van der Waals surface area contributed by atoms with E-state index in [1.54, 1.807) is 18.6 Å². The molecule has 3 aromatic rings. The van der Waals surface area contributed by atoms with Crippen molar-refractivity contribution in [1.29, 1.82) is 0 Å². The number of nitrogens with zero attached hydrogens (tertiary/aromatic N) is 4. The molecule has 3 heterocycles. The summed E-state index contributed by atoms with van der Waals surface area (Å²) in [7, 11) is 0. The van der Waals surface area contributed by atoms with Gasteiger partial charge in [0.2, 0.25) is 0 Å². The van der Waals surface area contributed by atoms with E-state index in [-0.39, 0.29) is 0 Å². The lowest BCUT2D eigenvalue weighted by atomic mass is 10.1. The first-order chi connectivity index (χ1) is 11.9. The van der Waals surface area contributed by atoms with Crippen molar-refractivity contribution >= 4 is 5.82 Å². The maximum absolute atomic E-state index is 4.93. The summed E-state index contributed by atoms with van der Waals surface area (Å²) in [6.45, 7) is 3.16. The van der Waals surface area contributed by atoms with Gasteiger partial charge < -0.3 is 5.32 Å². The maximum atomic E-state index is 4.93. The predicted molar refractivity (Wildman–Crippen MR) is 95.4 cm³/mol. The minimum absolute atomic E-state index is 0.838.